The predicted octanol–water partition coefficient (Wildman–Crippen LogP) is 1.04. The average molecular weight is 286 g/mol. The van der Waals surface area contributed by atoms with Gasteiger partial charge in [0.1, 0.15) is 5.82 Å². The van der Waals surface area contributed by atoms with Crippen LogP contribution in [-0.4, -0.2) is 33.3 Å². The molecule has 0 saturated carbocycles. The highest BCUT2D eigenvalue weighted by atomic mass is 32.2. The molecule has 0 spiro atoms. The van der Waals surface area contributed by atoms with E-state index in [1.54, 1.807) is 18.2 Å². The first-order chi connectivity index (χ1) is 9.07. The summed E-state index contributed by atoms with van der Waals surface area (Å²) >= 11 is 0. The topological polar surface area (TPSA) is 58.2 Å². The van der Waals surface area contributed by atoms with E-state index < -0.39 is 10.0 Å². The second-order valence-corrected chi connectivity index (χ2v) is 6.66. The predicted molar refractivity (Wildman–Crippen MR) is 72.9 cm³/mol. The molecular weight excluding hydrogens is 267 g/mol. The molecule has 1 aromatic rings. The Morgan fingerprint density at radius 3 is 2.84 bits per heavy atom. The highest BCUT2D eigenvalue weighted by molar-refractivity contribution is 7.89. The summed E-state index contributed by atoms with van der Waals surface area (Å²) in [6.45, 7) is 1.12. The van der Waals surface area contributed by atoms with Crippen LogP contribution in [0.15, 0.2) is 24.3 Å². The Labute approximate surface area is 113 Å². The van der Waals surface area contributed by atoms with E-state index in [-0.39, 0.29) is 24.2 Å². The lowest BCUT2D eigenvalue weighted by molar-refractivity contribution is 0.561. The minimum absolute atomic E-state index is 0.0472. The molecule has 4 nitrogen and oxygen atoms in total. The van der Waals surface area contributed by atoms with Gasteiger partial charge in [0.05, 0.1) is 5.75 Å². The van der Waals surface area contributed by atoms with Crippen molar-refractivity contribution in [1.82, 2.24) is 10.0 Å². The zero-order valence-corrected chi connectivity index (χ0v) is 11.5. The highest BCUT2D eigenvalue weighted by Gasteiger charge is 2.21. The zero-order chi connectivity index (χ0) is 13.7. The van der Waals surface area contributed by atoms with Gasteiger partial charge < -0.3 is 5.32 Å². The lowest BCUT2D eigenvalue weighted by atomic mass is 10.1. The van der Waals surface area contributed by atoms with Crippen molar-refractivity contribution in [2.75, 3.05) is 18.8 Å². The standard InChI is InChI=1S/C13H19FN2O2S/c14-13-6-2-1-4-11(13)7-9-16-19(17,18)10-12-5-3-8-15-12/h1-2,4,6,12,15-16H,3,5,7-10H2. The van der Waals surface area contributed by atoms with Crippen molar-refractivity contribution in [1.29, 1.82) is 0 Å². The number of rotatable bonds is 6. The second-order valence-electron chi connectivity index (χ2n) is 4.81. The van der Waals surface area contributed by atoms with Gasteiger partial charge in [-0.1, -0.05) is 18.2 Å². The fraction of sp³-hybridized carbons (Fsp3) is 0.538. The Bertz CT molecular complexity index is 513. The van der Waals surface area contributed by atoms with Crippen LogP contribution in [0.5, 0.6) is 0 Å². The third kappa shape index (κ3) is 4.56. The minimum atomic E-state index is -3.28. The molecular formula is C13H19FN2O2S. The van der Waals surface area contributed by atoms with E-state index in [1.165, 1.54) is 6.07 Å². The molecule has 1 saturated heterocycles. The van der Waals surface area contributed by atoms with Crippen LogP contribution in [0, 0.1) is 5.82 Å². The Hall–Kier alpha value is -0.980. The van der Waals surface area contributed by atoms with Gasteiger partial charge in [0.25, 0.3) is 0 Å². The molecule has 19 heavy (non-hydrogen) atoms. The van der Waals surface area contributed by atoms with Gasteiger partial charge >= 0.3 is 0 Å². The zero-order valence-electron chi connectivity index (χ0n) is 10.7. The van der Waals surface area contributed by atoms with Gasteiger partial charge in [-0.15, -0.1) is 0 Å². The number of benzene rings is 1. The largest absolute Gasteiger partial charge is 0.313 e. The molecule has 2 N–H and O–H groups in total. The van der Waals surface area contributed by atoms with Gasteiger partial charge in [0, 0.05) is 12.6 Å². The van der Waals surface area contributed by atoms with E-state index in [0.29, 0.717) is 12.0 Å². The SMILES string of the molecule is O=S(=O)(CC1CCCN1)NCCc1ccccc1F. The normalized spacial score (nSPS) is 19.7. The third-order valence-corrected chi connectivity index (χ3v) is 4.74. The lowest BCUT2D eigenvalue weighted by Gasteiger charge is -2.12. The van der Waals surface area contributed by atoms with E-state index >= 15 is 0 Å². The summed E-state index contributed by atoms with van der Waals surface area (Å²) in [7, 11) is -3.28. The molecule has 1 aliphatic heterocycles. The molecule has 1 aliphatic rings. The molecule has 6 heteroatoms. The first-order valence-corrected chi connectivity index (χ1v) is 8.16. The number of sulfonamides is 1. The fourth-order valence-electron chi connectivity index (χ4n) is 2.27. The second kappa shape index (κ2) is 6.45. The molecule has 0 aliphatic carbocycles. The summed E-state index contributed by atoms with van der Waals surface area (Å²) in [6, 6.07) is 6.46. The van der Waals surface area contributed by atoms with Crippen LogP contribution >= 0.6 is 0 Å². The number of nitrogens with one attached hydrogen (secondary N) is 2. The number of hydrogen-bond donors (Lipinski definition) is 2. The first kappa shape index (κ1) is 14.4. The van der Waals surface area contributed by atoms with Gasteiger partial charge in [0.2, 0.25) is 10.0 Å². The Balaban J connectivity index is 1.79. The lowest BCUT2D eigenvalue weighted by Crippen LogP contribution is -2.37. The van der Waals surface area contributed by atoms with Crippen molar-refractivity contribution in [3.05, 3.63) is 35.6 Å². The quantitative estimate of drug-likeness (QED) is 0.821. The molecule has 0 bridgehead atoms. The van der Waals surface area contributed by atoms with E-state index in [0.717, 1.165) is 19.4 Å². The highest BCUT2D eigenvalue weighted by Crippen LogP contribution is 2.08. The monoisotopic (exact) mass is 286 g/mol. The van der Waals surface area contributed by atoms with Gasteiger partial charge in [-0.3, -0.25) is 0 Å². The minimum Gasteiger partial charge on any atom is -0.313 e. The van der Waals surface area contributed by atoms with Crippen molar-refractivity contribution in [2.24, 2.45) is 0 Å². The molecule has 1 aromatic carbocycles. The van der Waals surface area contributed by atoms with Gasteiger partial charge in [-0.05, 0) is 37.4 Å². The molecule has 1 heterocycles. The fourth-order valence-corrected chi connectivity index (χ4v) is 3.61. The van der Waals surface area contributed by atoms with Crippen molar-refractivity contribution >= 4 is 10.0 Å². The summed E-state index contributed by atoms with van der Waals surface area (Å²) in [5.41, 5.74) is 0.532. The Kier molecular flexibility index (Phi) is 4.90. The first-order valence-electron chi connectivity index (χ1n) is 6.51. The van der Waals surface area contributed by atoms with Crippen molar-refractivity contribution in [3.8, 4) is 0 Å². The van der Waals surface area contributed by atoms with Crippen molar-refractivity contribution in [3.63, 3.8) is 0 Å². The van der Waals surface area contributed by atoms with E-state index in [2.05, 4.69) is 10.0 Å². The molecule has 1 fully saturated rings. The third-order valence-electron chi connectivity index (χ3n) is 3.26. The van der Waals surface area contributed by atoms with Crippen LogP contribution in [0.1, 0.15) is 18.4 Å². The summed E-state index contributed by atoms with van der Waals surface area (Å²) in [5, 5.41) is 3.15. The van der Waals surface area contributed by atoms with Crippen LogP contribution in [0.2, 0.25) is 0 Å². The molecule has 1 atom stereocenters. The Morgan fingerprint density at radius 2 is 2.16 bits per heavy atom. The summed E-state index contributed by atoms with van der Waals surface area (Å²) < 4.78 is 39.5. The molecule has 1 unspecified atom stereocenters. The Morgan fingerprint density at radius 1 is 1.37 bits per heavy atom. The van der Waals surface area contributed by atoms with E-state index in [1.807, 2.05) is 0 Å². The van der Waals surface area contributed by atoms with Crippen LogP contribution < -0.4 is 10.0 Å². The molecule has 106 valence electrons. The number of hydrogen-bond acceptors (Lipinski definition) is 3. The van der Waals surface area contributed by atoms with E-state index in [9.17, 15) is 12.8 Å². The smallest absolute Gasteiger partial charge is 0.213 e. The molecule has 0 amide bonds. The molecule has 0 aromatic heterocycles. The van der Waals surface area contributed by atoms with Gasteiger partial charge in [-0.2, -0.15) is 0 Å². The van der Waals surface area contributed by atoms with Gasteiger partial charge in [0.15, 0.2) is 0 Å². The van der Waals surface area contributed by atoms with Crippen LogP contribution in [-0.2, 0) is 16.4 Å². The van der Waals surface area contributed by atoms with Crippen LogP contribution in [0.3, 0.4) is 0 Å². The summed E-state index contributed by atoms with van der Waals surface area (Å²) in [6.07, 6.45) is 2.29. The van der Waals surface area contributed by atoms with Crippen LogP contribution in [0.4, 0.5) is 4.39 Å². The maximum absolute atomic E-state index is 13.3. The average Bonchev–Trinajstić information content (AvgIpc) is 2.83. The molecule has 0 radical (unpaired) electrons. The summed E-state index contributed by atoms with van der Waals surface area (Å²) in [5.74, 6) is -0.191. The molecule has 2 rings (SSSR count). The van der Waals surface area contributed by atoms with Crippen molar-refractivity contribution in [2.45, 2.75) is 25.3 Å². The maximum Gasteiger partial charge on any atom is 0.213 e. The number of halogens is 1. The van der Waals surface area contributed by atoms with E-state index in [4.69, 9.17) is 0 Å². The maximum atomic E-state index is 13.3. The van der Waals surface area contributed by atoms with Crippen molar-refractivity contribution < 1.29 is 12.8 Å². The van der Waals surface area contributed by atoms with Gasteiger partial charge in [-0.25, -0.2) is 17.5 Å². The summed E-state index contributed by atoms with van der Waals surface area (Å²) in [4.78, 5) is 0. The van der Waals surface area contributed by atoms with Crippen LogP contribution in [0.25, 0.3) is 0 Å².